The summed E-state index contributed by atoms with van der Waals surface area (Å²) >= 11 is 0. The van der Waals surface area contributed by atoms with Crippen LogP contribution in [0.1, 0.15) is 10.4 Å². The average molecular weight is 470 g/mol. The van der Waals surface area contributed by atoms with Gasteiger partial charge >= 0.3 is 0 Å². The number of hydrogen-bond acceptors (Lipinski definition) is 7. The van der Waals surface area contributed by atoms with Gasteiger partial charge in [0.2, 0.25) is 5.88 Å². The van der Waals surface area contributed by atoms with E-state index in [4.69, 9.17) is 14.2 Å². The number of aromatic nitrogens is 4. The highest BCUT2D eigenvalue weighted by atomic mass is 16.5. The minimum atomic E-state index is -0.151. The number of methoxy groups -OCH3 is 2. The Kier molecular flexibility index (Phi) is 6.13. The third-order valence-corrected chi connectivity index (χ3v) is 5.56. The molecule has 0 atom stereocenters. The monoisotopic (exact) mass is 469 g/mol. The minimum Gasteiger partial charge on any atom is -0.497 e. The second-order valence-corrected chi connectivity index (χ2v) is 7.66. The van der Waals surface area contributed by atoms with E-state index in [0.717, 1.165) is 10.8 Å². The van der Waals surface area contributed by atoms with Gasteiger partial charge in [-0.25, -0.2) is 0 Å². The van der Waals surface area contributed by atoms with Gasteiger partial charge in [-0.05, 0) is 35.0 Å². The summed E-state index contributed by atoms with van der Waals surface area (Å²) in [6.07, 6.45) is 0. The summed E-state index contributed by atoms with van der Waals surface area (Å²) in [6.45, 7) is 0.571. The van der Waals surface area contributed by atoms with Gasteiger partial charge in [0.05, 0.1) is 26.3 Å². The molecule has 1 amide bonds. The van der Waals surface area contributed by atoms with Crippen LogP contribution in [0, 0.1) is 0 Å². The Bertz CT molecular complexity index is 1510. The molecule has 0 spiro atoms. The molecule has 0 fully saturated rings. The van der Waals surface area contributed by atoms with Gasteiger partial charge in [0, 0.05) is 17.7 Å². The van der Waals surface area contributed by atoms with E-state index in [1.807, 2.05) is 54.6 Å². The molecule has 3 aromatic carbocycles. The molecule has 1 N–H and O–H groups in total. The van der Waals surface area contributed by atoms with Crippen LogP contribution >= 0.6 is 0 Å². The Balaban J connectivity index is 1.28. The van der Waals surface area contributed by atoms with Crippen LogP contribution in [0.3, 0.4) is 0 Å². The first-order chi connectivity index (χ1) is 17.2. The van der Waals surface area contributed by atoms with Crippen LogP contribution in [0.2, 0.25) is 0 Å². The summed E-state index contributed by atoms with van der Waals surface area (Å²) in [6, 6.07) is 22.4. The Morgan fingerprint density at radius 3 is 2.66 bits per heavy atom. The average Bonchev–Trinajstić information content (AvgIpc) is 3.33. The molecule has 0 radical (unpaired) electrons. The van der Waals surface area contributed by atoms with Gasteiger partial charge in [-0.3, -0.25) is 4.79 Å². The van der Waals surface area contributed by atoms with E-state index in [9.17, 15) is 4.79 Å². The SMILES string of the molecule is COc1ccc(-c2nnc3ccc(OCCNC(=O)c4cccc5ccccc45)nn23)c(OC)c1. The van der Waals surface area contributed by atoms with Gasteiger partial charge in [0.15, 0.2) is 11.5 Å². The number of nitrogens with one attached hydrogen (secondary N) is 1. The molecule has 0 unspecified atom stereocenters. The van der Waals surface area contributed by atoms with Crippen LogP contribution in [0.15, 0.2) is 72.8 Å². The maximum atomic E-state index is 12.7. The Morgan fingerprint density at radius 1 is 0.943 bits per heavy atom. The van der Waals surface area contributed by atoms with E-state index < -0.39 is 0 Å². The molecule has 5 rings (SSSR count). The van der Waals surface area contributed by atoms with Gasteiger partial charge in [-0.2, -0.15) is 4.52 Å². The molecule has 2 heterocycles. The molecule has 0 saturated heterocycles. The van der Waals surface area contributed by atoms with Crippen molar-refractivity contribution in [3.05, 3.63) is 78.4 Å². The third-order valence-electron chi connectivity index (χ3n) is 5.56. The largest absolute Gasteiger partial charge is 0.497 e. The summed E-state index contributed by atoms with van der Waals surface area (Å²) in [7, 11) is 3.17. The van der Waals surface area contributed by atoms with Crippen molar-refractivity contribution in [3.63, 3.8) is 0 Å². The van der Waals surface area contributed by atoms with E-state index in [2.05, 4.69) is 20.6 Å². The van der Waals surface area contributed by atoms with E-state index >= 15 is 0 Å². The quantitative estimate of drug-likeness (QED) is 0.345. The first kappa shape index (κ1) is 22.1. The number of hydrogen-bond donors (Lipinski definition) is 1. The fourth-order valence-corrected chi connectivity index (χ4v) is 3.84. The van der Waals surface area contributed by atoms with Crippen molar-refractivity contribution in [2.45, 2.75) is 0 Å². The molecule has 0 aliphatic heterocycles. The predicted octanol–water partition coefficient (Wildman–Crippen LogP) is 3.77. The number of benzene rings is 3. The fourth-order valence-electron chi connectivity index (χ4n) is 3.84. The van der Waals surface area contributed by atoms with Gasteiger partial charge in [0.1, 0.15) is 18.1 Å². The van der Waals surface area contributed by atoms with Crippen molar-refractivity contribution in [2.24, 2.45) is 0 Å². The first-order valence-electron chi connectivity index (χ1n) is 11.0. The molecule has 0 bridgehead atoms. The Hall–Kier alpha value is -4.66. The molecule has 176 valence electrons. The molecule has 0 aliphatic rings. The number of nitrogens with zero attached hydrogens (tertiary/aromatic N) is 4. The highest BCUT2D eigenvalue weighted by molar-refractivity contribution is 6.06. The van der Waals surface area contributed by atoms with Gasteiger partial charge in [-0.15, -0.1) is 15.3 Å². The highest BCUT2D eigenvalue weighted by Gasteiger charge is 2.16. The van der Waals surface area contributed by atoms with Crippen LogP contribution < -0.4 is 19.5 Å². The van der Waals surface area contributed by atoms with Crippen LogP contribution in [0.5, 0.6) is 17.4 Å². The molecule has 0 aliphatic carbocycles. The van der Waals surface area contributed by atoms with Crippen molar-refractivity contribution in [3.8, 4) is 28.8 Å². The summed E-state index contributed by atoms with van der Waals surface area (Å²) < 4.78 is 18.1. The van der Waals surface area contributed by atoms with Gasteiger partial charge < -0.3 is 19.5 Å². The van der Waals surface area contributed by atoms with Crippen LogP contribution in [-0.4, -0.2) is 53.1 Å². The number of amides is 1. The van der Waals surface area contributed by atoms with Crippen LogP contribution in [-0.2, 0) is 0 Å². The zero-order valence-electron chi connectivity index (χ0n) is 19.3. The summed E-state index contributed by atoms with van der Waals surface area (Å²) in [5.74, 6) is 1.99. The standard InChI is InChI=1S/C26H23N5O4/c1-33-18-10-11-21(22(16-18)34-2)25-29-28-23-12-13-24(30-31(23)25)35-15-14-27-26(32)20-9-5-7-17-6-3-4-8-19(17)20/h3-13,16H,14-15H2,1-2H3,(H,27,32). The summed E-state index contributed by atoms with van der Waals surface area (Å²) in [5.41, 5.74) is 1.91. The maximum absolute atomic E-state index is 12.7. The lowest BCUT2D eigenvalue weighted by atomic mass is 10.0. The Morgan fingerprint density at radius 2 is 1.80 bits per heavy atom. The van der Waals surface area contributed by atoms with Gasteiger partial charge in [0.25, 0.3) is 5.91 Å². The van der Waals surface area contributed by atoms with E-state index in [-0.39, 0.29) is 12.5 Å². The molecule has 9 heteroatoms. The number of carbonyl (C=O) groups is 1. The minimum absolute atomic E-state index is 0.151. The fraction of sp³-hybridized carbons (Fsp3) is 0.154. The first-order valence-corrected chi connectivity index (χ1v) is 11.0. The molecule has 2 aromatic heterocycles. The highest BCUT2D eigenvalue weighted by Crippen LogP contribution is 2.32. The second kappa shape index (κ2) is 9.68. The second-order valence-electron chi connectivity index (χ2n) is 7.66. The molecule has 5 aromatic rings. The smallest absolute Gasteiger partial charge is 0.252 e. The zero-order chi connectivity index (χ0) is 24.2. The van der Waals surface area contributed by atoms with Crippen molar-refractivity contribution >= 4 is 22.3 Å². The lowest BCUT2D eigenvalue weighted by Crippen LogP contribution is -2.28. The number of carbonyl (C=O) groups excluding carboxylic acids is 1. The predicted molar refractivity (Wildman–Crippen MR) is 131 cm³/mol. The Labute approximate surface area is 201 Å². The van der Waals surface area contributed by atoms with E-state index in [1.165, 1.54) is 0 Å². The topological polar surface area (TPSA) is 99.9 Å². The van der Waals surface area contributed by atoms with E-state index in [0.29, 0.717) is 46.5 Å². The van der Waals surface area contributed by atoms with Crippen molar-refractivity contribution in [2.75, 3.05) is 27.4 Å². The normalized spacial score (nSPS) is 10.9. The van der Waals surface area contributed by atoms with Crippen molar-refractivity contribution in [1.82, 2.24) is 25.1 Å². The molecule has 0 saturated carbocycles. The lowest BCUT2D eigenvalue weighted by Gasteiger charge is -2.10. The van der Waals surface area contributed by atoms with Crippen LogP contribution in [0.25, 0.3) is 27.8 Å². The zero-order valence-corrected chi connectivity index (χ0v) is 19.3. The van der Waals surface area contributed by atoms with Crippen LogP contribution in [0.4, 0.5) is 0 Å². The molecular weight excluding hydrogens is 446 g/mol. The number of ether oxygens (including phenoxy) is 3. The third kappa shape index (κ3) is 4.43. The maximum Gasteiger partial charge on any atom is 0.252 e. The van der Waals surface area contributed by atoms with Crippen molar-refractivity contribution < 1.29 is 19.0 Å². The lowest BCUT2D eigenvalue weighted by molar-refractivity contribution is 0.0948. The van der Waals surface area contributed by atoms with Crippen molar-refractivity contribution in [1.29, 1.82) is 0 Å². The molecular formula is C26H23N5O4. The van der Waals surface area contributed by atoms with E-state index in [1.54, 1.807) is 36.9 Å². The molecule has 9 nitrogen and oxygen atoms in total. The molecule has 35 heavy (non-hydrogen) atoms. The van der Waals surface area contributed by atoms with Gasteiger partial charge in [-0.1, -0.05) is 36.4 Å². The number of rotatable bonds is 8. The summed E-state index contributed by atoms with van der Waals surface area (Å²) in [4.78, 5) is 12.7. The summed E-state index contributed by atoms with van der Waals surface area (Å²) in [5, 5.41) is 17.8. The number of fused-ring (bicyclic) bond motifs is 2.